The first kappa shape index (κ1) is 14.4. The molecule has 1 amide bonds. The van der Waals surface area contributed by atoms with Gasteiger partial charge in [0.05, 0.1) is 11.3 Å². The Hall–Kier alpha value is -2.01. The van der Waals surface area contributed by atoms with Gasteiger partial charge in [-0.15, -0.1) is 11.3 Å². The number of hydrogen-bond acceptors (Lipinski definition) is 4. The highest BCUT2D eigenvalue weighted by atomic mass is 32.1. The summed E-state index contributed by atoms with van der Waals surface area (Å²) in [5.74, 6) is -0.0290. The van der Waals surface area contributed by atoms with Crippen LogP contribution in [0, 0.1) is 0 Å². The van der Waals surface area contributed by atoms with Gasteiger partial charge in [0.2, 0.25) is 5.91 Å². The number of carbonyl (C=O) groups is 2. The third kappa shape index (κ3) is 4.28. The van der Waals surface area contributed by atoms with Crippen molar-refractivity contribution in [2.75, 3.05) is 0 Å². The molecule has 0 saturated heterocycles. The number of amides is 1. The van der Waals surface area contributed by atoms with Crippen molar-refractivity contribution < 1.29 is 9.59 Å². The van der Waals surface area contributed by atoms with Crippen LogP contribution >= 0.6 is 11.3 Å². The molecule has 1 atom stereocenters. The van der Waals surface area contributed by atoms with Crippen LogP contribution in [-0.4, -0.2) is 22.7 Å². The molecule has 2 aromatic rings. The number of rotatable bonds is 6. The summed E-state index contributed by atoms with van der Waals surface area (Å²) in [6.45, 7) is 1.84. The fraction of sp³-hybridized carbons (Fsp3) is 0.267. The largest absolute Gasteiger partial charge is 0.353 e. The molecular weight excluding hydrogens is 272 g/mol. The maximum Gasteiger partial charge on any atom is 0.224 e. The Morgan fingerprint density at radius 3 is 2.85 bits per heavy atom. The molecule has 5 heteroatoms. The van der Waals surface area contributed by atoms with Crippen LogP contribution in [0.3, 0.4) is 0 Å². The number of thiophene rings is 1. The van der Waals surface area contributed by atoms with Crippen LogP contribution in [0.4, 0.5) is 0 Å². The lowest BCUT2D eigenvalue weighted by Crippen LogP contribution is -2.35. The zero-order chi connectivity index (χ0) is 14.4. The lowest BCUT2D eigenvalue weighted by Gasteiger charge is -2.12. The zero-order valence-electron chi connectivity index (χ0n) is 11.2. The molecule has 0 spiro atoms. The molecule has 0 saturated carbocycles. The van der Waals surface area contributed by atoms with Gasteiger partial charge in [-0.1, -0.05) is 12.1 Å². The average Bonchev–Trinajstić information content (AvgIpc) is 2.93. The summed E-state index contributed by atoms with van der Waals surface area (Å²) in [4.78, 5) is 28.4. The van der Waals surface area contributed by atoms with Crippen LogP contribution in [0.1, 0.15) is 28.6 Å². The highest BCUT2D eigenvalue weighted by Gasteiger charge is 2.14. The van der Waals surface area contributed by atoms with Gasteiger partial charge in [-0.05, 0) is 30.0 Å². The molecule has 4 nitrogen and oxygen atoms in total. The second-order valence-corrected chi connectivity index (χ2v) is 5.56. The predicted octanol–water partition coefficient (Wildman–Crippen LogP) is 2.46. The predicted molar refractivity (Wildman–Crippen MR) is 78.8 cm³/mol. The third-order valence-corrected chi connectivity index (χ3v) is 3.69. The molecule has 0 fully saturated rings. The van der Waals surface area contributed by atoms with E-state index in [2.05, 4.69) is 10.3 Å². The van der Waals surface area contributed by atoms with Crippen molar-refractivity contribution in [3.05, 3.63) is 52.5 Å². The van der Waals surface area contributed by atoms with Crippen molar-refractivity contribution in [2.45, 2.75) is 25.8 Å². The molecule has 20 heavy (non-hydrogen) atoms. The van der Waals surface area contributed by atoms with Crippen LogP contribution < -0.4 is 5.32 Å². The molecule has 2 aromatic heterocycles. The van der Waals surface area contributed by atoms with E-state index in [-0.39, 0.29) is 24.2 Å². The van der Waals surface area contributed by atoms with Gasteiger partial charge >= 0.3 is 0 Å². The van der Waals surface area contributed by atoms with Gasteiger partial charge < -0.3 is 5.32 Å². The van der Waals surface area contributed by atoms with E-state index in [1.165, 1.54) is 11.3 Å². The van der Waals surface area contributed by atoms with E-state index in [1.807, 2.05) is 24.4 Å². The third-order valence-electron chi connectivity index (χ3n) is 2.78. The molecule has 2 heterocycles. The fourth-order valence-corrected chi connectivity index (χ4v) is 2.56. The second kappa shape index (κ2) is 6.96. The Labute approximate surface area is 121 Å². The van der Waals surface area contributed by atoms with E-state index < -0.39 is 0 Å². The Morgan fingerprint density at radius 1 is 1.35 bits per heavy atom. The summed E-state index contributed by atoms with van der Waals surface area (Å²) in [5.41, 5.74) is 0.863. The minimum atomic E-state index is -0.172. The Kier molecular flexibility index (Phi) is 5.01. The minimum absolute atomic E-state index is 0.0641. The first-order valence-corrected chi connectivity index (χ1v) is 7.28. The van der Waals surface area contributed by atoms with E-state index in [1.54, 1.807) is 24.5 Å². The summed E-state index contributed by atoms with van der Waals surface area (Å²) >= 11 is 1.42. The van der Waals surface area contributed by atoms with Crippen LogP contribution in [0.25, 0.3) is 0 Å². The summed E-state index contributed by atoms with van der Waals surface area (Å²) in [6, 6.07) is 7.13. The number of nitrogens with zero attached hydrogens (tertiary/aromatic N) is 1. The van der Waals surface area contributed by atoms with Gasteiger partial charge in [0.15, 0.2) is 5.78 Å². The molecule has 1 N–H and O–H groups in total. The van der Waals surface area contributed by atoms with Crippen molar-refractivity contribution in [1.29, 1.82) is 0 Å². The van der Waals surface area contributed by atoms with Crippen molar-refractivity contribution >= 4 is 23.0 Å². The number of nitrogens with one attached hydrogen (secondary N) is 1. The van der Waals surface area contributed by atoms with Crippen LogP contribution in [0.5, 0.6) is 0 Å². The Morgan fingerprint density at radius 2 is 2.20 bits per heavy atom. The maximum atomic E-state index is 11.9. The SMILES string of the molecule is C[C@@H](CC(=O)c1cccs1)NC(=O)Cc1cccnc1. The van der Waals surface area contributed by atoms with E-state index in [9.17, 15) is 9.59 Å². The number of ketones is 1. The van der Waals surface area contributed by atoms with Crippen LogP contribution in [-0.2, 0) is 11.2 Å². The molecule has 0 aliphatic carbocycles. The standard InChI is InChI=1S/C15H16N2O2S/c1-11(8-13(18)14-5-3-7-20-14)17-15(19)9-12-4-2-6-16-10-12/h2-7,10-11H,8-9H2,1H3,(H,17,19)/t11-/m0/s1. The molecule has 2 rings (SSSR count). The molecule has 0 aromatic carbocycles. The maximum absolute atomic E-state index is 11.9. The number of hydrogen-bond donors (Lipinski definition) is 1. The first-order chi connectivity index (χ1) is 9.65. The smallest absolute Gasteiger partial charge is 0.224 e. The van der Waals surface area contributed by atoms with Gasteiger partial charge in [0, 0.05) is 24.9 Å². The summed E-state index contributed by atoms with van der Waals surface area (Å²) in [7, 11) is 0. The fourth-order valence-electron chi connectivity index (χ4n) is 1.88. The van der Waals surface area contributed by atoms with Gasteiger partial charge in [-0.2, -0.15) is 0 Å². The van der Waals surface area contributed by atoms with Crippen molar-refractivity contribution in [3.8, 4) is 0 Å². The second-order valence-electron chi connectivity index (χ2n) is 4.61. The first-order valence-electron chi connectivity index (χ1n) is 6.40. The zero-order valence-corrected chi connectivity index (χ0v) is 12.0. The lowest BCUT2D eigenvalue weighted by atomic mass is 10.1. The highest BCUT2D eigenvalue weighted by molar-refractivity contribution is 7.12. The van der Waals surface area contributed by atoms with Crippen molar-refractivity contribution in [1.82, 2.24) is 10.3 Å². The van der Waals surface area contributed by atoms with Crippen LogP contribution in [0.2, 0.25) is 0 Å². The molecule has 0 unspecified atom stereocenters. The number of Topliss-reactive ketones (excluding diaryl/α,β-unsaturated/α-hetero) is 1. The number of pyridine rings is 1. The summed E-state index contributed by atoms with van der Waals surface area (Å²) in [5, 5.41) is 4.71. The summed E-state index contributed by atoms with van der Waals surface area (Å²) < 4.78 is 0. The molecule has 0 aliphatic heterocycles. The number of aromatic nitrogens is 1. The van der Waals surface area contributed by atoms with Gasteiger partial charge in [0.1, 0.15) is 0 Å². The molecule has 0 bridgehead atoms. The number of carbonyl (C=O) groups excluding carboxylic acids is 2. The van der Waals surface area contributed by atoms with Gasteiger partial charge in [0.25, 0.3) is 0 Å². The van der Waals surface area contributed by atoms with Crippen molar-refractivity contribution in [2.24, 2.45) is 0 Å². The van der Waals surface area contributed by atoms with Gasteiger partial charge in [-0.25, -0.2) is 0 Å². The van der Waals surface area contributed by atoms with E-state index in [0.29, 0.717) is 6.42 Å². The topological polar surface area (TPSA) is 59.1 Å². The minimum Gasteiger partial charge on any atom is -0.353 e. The summed E-state index contributed by atoms with van der Waals surface area (Å²) in [6.07, 6.45) is 3.94. The van der Waals surface area contributed by atoms with E-state index >= 15 is 0 Å². The van der Waals surface area contributed by atoms with Crippen molar-refractivity contribution in [3.63, 3.8) is 0 Å². The lowest BCUT2D eigenvalue weighted by molar-refractivity contribution is -0.121. The van der Waals surface area contributed by atoms with E-state index in [4.69, 9.17) is 0 Å². The molecule has 0 aliphatic rings. The normalized spacial score (nSPS) is 11.8. The average molecular weight is 288 g/mol. The quantitative estimate of drug-likeness (QED) is 0.831. The van der Waals surface area contributed by atoms with E-state index in [0.717, 1.165) is 10.4 Å². The molecule has 0 radical (unpaired) electrons. The monoisotopic (exact) mass is 288 g/mol. The Bertz CT molecular complexity index is 567. The Balaban J connectivity index is 1.81. The molecular formula is C15H16N2O2S. The van der Waals surface area contributed by atoms with Gasteiger partial charge in [-0.3, -0.25) is 14.6 Å². The molecule has 104 valence electrons. The van der Waals surface area contributed by atoms with Crippen LogP contribution in [0.15, 0.2) is 42.0 Å². The highest BCUT2D eigenvalue weighted by Crippen LogP contribution is 2.12.